The van der Waals surface area contributed by atoms with Gasteiger partial charge in [-0.2, -0.15) is 0 Å². The van der Waals surface area contributed by atoms with Crippen LogP contribution in [0.3, 0.4) is 0 Å². The summed E-state index contributed by atoms with van der Waals surface area (Å²) in [6.45, 7) is 2.69. The first-order valence-electron chi connectivity index (χ1n) is 6.24. The zero-order chi connectivity index (χ0) is 14.0. The minimum atomic E-state index is -3.25. The normalized spacial score (nSPS) is 23.7. The highest BCUT2D eigenvalue weighted by Gasteiger charge is 2.35. The van der Waals surface area contributed by atoms with Crippen molar-refractivity contribution in [1.29, 1.82) is 0 Å². The van der Waals surface area contributed by atoms with Crippen LogP contribution in [0.25, 0.3) is 0 Å². The molecule has 1 aliphatic rings. The fourth-order valence-electron chi connectivity index (χ4n) is 2.34. The van der Waals surface area contributed by atoms with Gasteiger partial charge in [0.05, 0.1) is 17.1 Å². The molecule has 0 amide bonds. The maximum absolute atomic E-state index is 12.4. The number of rotatable bonds is 4. The minimum absolute atomic E-state index is 0.0466. The maximum Gasteiger partial charge on any atom is 0.159 e. The van der Waals surface area contributed by atoms with Gasteiger partial charge in [-0.25, -0.2) is 8.42 Å². The minimum Gasteiger partial charge on any atom is -0.377 e. The van der Waals surface area contributed by atoms with E-state index in [0.29, 0.717) is 30.2 Å². The van der Waals surface area contributed by atoms with Gasteiger partial charge in [0.15, 0.2) is 9.84 Å². The van der Waals surface area contributed by atoms with Crippen molar-refractivity contribution in [1.82, 2.24) is 0 Å². The summed E-state index contributed by atoms with van der Waals surface area (Å²) < 4.78 is 30.0. The van der Waals surface area contributed by atoms with Crippen LogP contribution in [0.2, 0.25) is 5.02 Å². The zero-order valence-electron chi connectivity index (χ0n) is 10.8. The van der Waals surface area contributed by atoms with Crippen LogP contribution in [0.4, 0.5) is 0 Å². The molecule has 4 nitrogen and oxygen atoms in total. The predicted octanol–water partition coefficient (Wildman–Crippen LogP) is 1.89. The number of benzene rings is 1. The van der Waals surface area contributed by atoms with Crippen LogP contribution in [0.15, 0.2) is 18.2 Å². The van der Waals surface area contributed by atoms with Gasteiger partial charge >= 0.3 is 0 Å². The Morgan fingerprint density at radius 1 is 1.47 bits per heavy atom. The molecule has 2 unspecified atom stereocenters. The van der Waals surface area contributed by atoms with Gasteiger partial charge in [0.25, 0.3) is 0 Å². The van der Waals surface area contributed by atoms with Gasteiger partial charge in [0.2, 0.25) is 0 Å². The maximum atomic E-state index is 12.4. The molecule has 1 aromatic rings. The van der Waals surface area contributed by atoms with E-state index in [1.807, 2.05) is 6.07 Å². The lowest BCUT2D eigenvalue weighted by atomic mass is 10.1. The lowest BCUT2D eigenvalue weighted by molar-refractivity contribution is 0.126. The summed E-state index contributed by atoms with van der Waals surface area (Å²) in [7, 11) is -3.25. The number of sulfone groups is 1. The summed E-state index contributed by atoms with van der Waals surface area (Å²) >= 11 is 6.11. The fourth-order valence-corrected chi connectivity index (χ4v) is 4.71. The van der Waals surface area contributed by atoms with Crippen LogP contribution in [0.5, 0.6) is 0 Å². The average Bonchev–Trinajstić information content (AvgIpc) is 2.79. The molecule has 2 N–H and O–H groups in total. The van der Waals surface area contributed by atoms with Gasteiger partial charge in [-0.3, -0.25) is 0 Å². The molecule has 0 spiro atoms. The molecule has 19 heavy (non-hydrogen) atoms. The van der Waals surface area contributed by atoms with Crippen molar-refractivity contribution in [3.8, 4) is 0 Å². The van der Waals surface area contributed by atoms with Crippen molar-refractivity contribution in [2.24, 2.45) is 5.73 Å². The second kappa shape index (κ2) is 5.79. The van der Waals surface area contributed by atoms with E-state index >= 15 is 0 Å². The highest BCUT2D eigenvalue weighted by molar-refractivity contribution is 7.91. The Morgan fingerprint density at radius 2 is 2.21 bits per heavy atom. The molecule has 1 aromatic carbocycles. The monoisotopic (exact) mass is 303 g/mol. The number of hydrogen-bond donors (Lipinski definition) is 1. The SMILES string of the molecule is CC1OCCC1S(=O)(=O)Cc1ccc(CN)cc1Cl. The summed E-state index contributed by atoms with van der Waals surface area (Å²) in [5.74, 6) is -0.0466. The Labute approximate surface area is 118 Å². The van der Waals surface area contributed by atoms with Gasteiger partial charge in [0, 0.05) is 18.2 Å². The molecule has 1 saturated heterocycles. The number of nitrogens with two attached hydrogens (primary N) is 1. The Balaban J connectivity index is 2.20. The van der Waals surface area contributed by atoms with E-state index in [4.69, 9.17) is 22.1 Å². The first-order chi connectivity index (χ1) is 8.94. The van der Waals surface area contributed by atoms with E-state index in [1.54, 1.807) is 19.1 Å². The second-order valence-corrected chi connectivity index (χ2v) is 7.47. The molecule has 1 aliphatic heterocycles. The van der Waals surface area contributed by atoms with E-state index in [1.165, 1.54) is 0 Å². The third-order valence-corrected chi connectivity index (χ3v) is 6.08. The Kier molecular flexibility index (Phi) is 4.50. The van der Waals surface area contributed by atoms with E-state index in [2.05, 4.69) is 0 Å². The molecule has 0 bridgehead atoms. The van der Waals surface area contributed by atoms with Crippen LogP contribution in [0.1, 0.15) is 24.5 Å². The molecule has 2 atom stereocenters. The highest BCUT2D eigenvalue weighted by atomic mass is 35.5. The summed E-state index contributed by atoms with van der Waals surface area (Å²) in [4.78, 5) is 0. The van der Waals surface area contributed by atoms with E-state index in [0.717, 1.165) is 5.56 Å². The Morgan fingerprint density at radius 3 is 2.74 bits per heavy atom. The summed E-state index contributed by atoms with van der Waals surface area (Å²) in [5, 5.41) is 0.0239. The van der Waals surface area contributed by atoms with Crippen molar-refractivity contribution in [2.45, 2.75) is 37.0 Å². The average molecular weight is 304 g/mol. The van der Waals surface area contributed by atoms with Crippen molar-refractivity contribution in [3.63, 3.8) is 0 Å². The number of halogens is 1. The Bertz CT molecular complexity index is 559. The van der Waals surface area contributed by atoms with Gasteiger partial charge in [-0.05, 0) is 30.5 Å². The summed E-state index contributed by atoms with van der Waals surface area (Å²) in [6, 6.07) is 5.27. The molecule has 106 valence electrons. The van der Waals surface area contributed by atoms with Gasteiger partial charge < -0.3 is 10.5 Å². The first-order valence-corrected chi connectivity index (χ1v) is 8.34. The standard InChI is InChI=1S/C13H18ClNO3S/c1-9-13(4-5-18-9)19(16,17)8-11-3-2-10(7-15)6-12(11)14/h2-3,6,9,13H,4-5,7-8,15H2,1H3. The molecule has 1 heterocycles. The third-order valence-electron chi connectivity index (χ3n) is 3.48. The lowest BCUT2D eigenvalue weighted by Gasteiger charge is -2.15. The van der Waals surface area contributed by atoms with Crippen LogP contribution in [0, 0.1) is 0 Å². The number of hydrogen-bond acceptors (Lipinski definition) is 4. The highest BCUT2D eigenvalue weighted by Crippen LogP contribution is 2.27. The molecular weight excluding hydrogens is 286 g/mol. The van der Waals surface area contributed by atoms with Crippen LogP contribution in [-0.2, 0) is 26.9 Å². The molecule has 2 rings (SSSR count). The molecule has 0 saturated carbocycles. The fraction of sp³-hybridized carbons (Fsp3) is 0.538. The van der Waals surface area contributed by atoms with Crippen molar-refractivity contribution in [2.75, 3.05) is 6.61 Å². The molecule has 1 fully saturated rings. The Hall–Kier alpha value is -0.620. The quantitative estimate of drug-likeness (QED) is 0.922. The largest absolute Gasteiger partial charge is 0.377 e. The van der Waals surface area contributed by atoms with Crippen LogP contribution >= 0.6 is 11.6 Å². The number of ether oxygens (including phenoxy) is 1. The van der Waals surface area contributed by atoms with Gasteiger partial charge in [-0.1, -0.05) is 23.7 Å². The van der Waals surface area contributed by atoms with Gasteiger partial charge in [0.1, 0.15) is 0 Å². The van der Waals surface area contributed by atoms with E-state index < -0.39 is 15.1 Å². The molecule has 0 radical (unpaired) electrons. The van der Waals surface area contributed by atoms with Crippen molar-refractivity contribution < 1.29 is 13.2 Å². The lowest BCUT2D eigenvalue weighted by Crippen LogP contribution is -2.29. The first kappa shape index (κ1) is 14.8. The second-order valence-electron chi connectivity index (χ2n) is 4.84. The van der Waals surface area contributed by atoms with E-state index in [9.17, 15) is 8.42 Å². The molecule has 0 aromatic heterocycles. The zero-order valence-corrected chi connectivity index (χ0v) is 12.4. The summed E-state index contributed by atoms with van der Waals surface area (Å²) in [5.41, 5.74) is 7.04. The molecule has 0 aliphatic carbocycles. The molecular formula is C13H18ClNO3S. The van der Waals surface area contributed by atoms with Gasteiger partial charge in [-0.15, -0.1) is 0 Å². The summed E-state index contributed by atoms with van der Waals surface area (Å²) in [6.07, 6.45) is 0.314. The third kappa shape index (κ3) is 3.28. The topological polar surface area (TPSA) is 69.4 Å². The van der Waals surface area contributed by atoms with E-state index in [-0.39, 0.29) is 11.9 Å². The predicted molar refractivity (Wildman–Crippen MR) is 75.8 cm³/mol. The van der Waals surface area contributed by atoms with Crippen molar-refractivity contribution >= 4 is 21.4 Å². The van der Waals surface area contributed by atoms with Crippen molar-refractivity contribution in [3.05, 3.63) is 34.3 Å². The smallest absolute Gasteiger partial charge is 0.159 e. The molecule has 6 heteroatoms. The van der Waals surface area contributed by atoms with Crippen LogP contribution in [-0.4, -0.2) is 26.4 Å². The van der Waals surface area contributed by atoms with Crippen LogP contribution < -0.4 is 5.73 Å².